The summed E-state index contributed by atoms with van der Waals surface area (Å²) >= 11 is 0. The molecule has 2 aliphatic heterocycles. The number of likely N-dealkylation sites (N-methyl/N-ethyl adjacent to an activating group) is 1. The second-order valence-electron chi connectivity index (χ2n) is 8.49. The molecule has 2 heterocycles. The predicted octanol–water partition coefficient (Wildman–Crippen LogP) is 2.20. The van der Waals surface area contributed by atoms with Crippen LogP contribution in [0.3, 0.4) is 0 Å². The maximum Gasteiger partial charge on any atom is 0.296 e. The number of aliphatic hydroxyl groups excluding tert-OH is 1. The summed E-state index contributed by atoms with van der Waals surface area (Å²) in [5.41, 5.74) is -0.486. The summed E-state index contributed by atoms with van der Waals surface area (Å²) < 4.78 is 5.17. The van der Waals surface area contributed by atoms with E-state index in [1.54, 1.807) is 55.6 Å². The number of anilines is 1. The lowest BCUT2D eigenvalue weighted by molar-refractivity contribution is -0.143. The van der Waals surface area contributed by atoms with E-state index in [1.165, 1.54) is 16.9 Å². The van der Waals surface area contributed by atoms with Crippen molar-refractivity contribution in [1.82, 2.24) is 9.80 Å². The molecule has 2 aromatic rings. The first-order valence-electron chi connectivity index (χ1n) is 10.7. The molecule has 0 aromatic heterocycles. The number of likely N-dealkylation sites (tertiary alicyclic amines) is 1. The van der Waals surface area contributed by atoms with Gasteiger partial charge in [-0.3, -0.25) is 14.4 Å². The van der Waals surface area contributed by atoms with E-state index in [-0.39, 0.29) is 17.9 Å². The molecule has 1 unspecified atom stereocenters. The molecule has 8 heteroatoms. The van der Waals surface area contributed by atoms with Crippen molar-refractivity contribution in [3.05, 3.63) is 65.2 Å². The number of benzene rings is 2. The number of hydrogen-bond donors (Lipinski definition) is 1. The highest BCUT2D eigenvalue weighted by Crippen LogP contribution is 2.53. The lowest BCUT2D eigenvalue weighted by atomic mass is 9.82. The molecule has 33 heavy (non-hydrogen) atoms. The van der Waals surface area contributed by atoms with Crippen molar-refractivity contribution in [3.8, 4) is 5.75 Å². The Morgan fingerprint density at radius 2 is 1.73 bits per heavy atom. The first-order valence-corrected chi connectivity index (χ1v) is 10.7. The topological polar surface area (TPSA) is 90.4 Å². The maximum absolute atomic E-state index is 13.8. The second-order valence-corrected chi connectivity index (χ2v) is 8.49. The number of nitrogens with zero attached hydrogens (tertiary/aromatic N) is 3. The van der Waals surface area contributed by atoms with Crippen molar-refractivity contribution in [2.75, 3.05) is 46.2 Å². The largest absolute Gasteiger partial charge is 0.507 e. The fourth-order valence-corrected chi connectivity index (χ4v) is 4.71. The van der Waals surface area contributed by atoms with E-state index in [9.17, 15) is 19.5 Å². The molecule has 172 valence electrons. The Bertz CT molecular complexity index is 1150. The summed E-state index contributed by atoms with van der Waals surface area (Å²) in [5.74, 6) is -1.91. The van der Waals surface area contributed by atoms with E-state index in [2.05, 4.69) is 0 Å². The highest BCUT2D eigenvalue weighted by molar-refractivity contribution is 6.50. The molecule has 1 spiro atoms. The van der Waals surface area contributed by atoms with Gasteiger partial charge in [0.25, 0.3) is 17.6 Å². The molecule has 2 amide bonds. The summed E-state index contributed by atoms with van der Waals surface area (Å²) in [6.45, 7) is 0.860. The average Bonchev–Trinajstić information content (AvgIpc) is 3.17. The standard InChI is InChI=1S/C25H27N3O5/c1-26(2)14-7-15-28-23(31)22(30)20(21(29)16-10-12-17(33-4)13-11-16)25(28)18-8-5-6-9-19(18)27(3)24(25)32/h5-6,8-13,29H,7,14-15H2,1-4H3/b21-20+. The Hall–Kier alpha value is -3.65. The van der Waals surface area contributed by atoms with Gasteiger partial charge in [0.2, 0.25) is 0 Å². The van der Waals surface area contributed by atoms with Crippen molar-refractivity contribution in [1.29, 1.82) is 0 Å². The molecule has 0 bridgehead atoms. The molecule has 0 saturated carbocycles. The Morgan fingerprint density at radius 3 is 2.36 bits per heavy atom. The summed E-state index contributed by atoms with van der Waals surface area (Å²) in [6, 6.07) is 13.5. The predicted molar refractivity (Wildman–Crippen MR) is 124 cm³/mol. The molecular formula is C25H27N3O5. The van der Waals surface area contributed by atoms with Crippen LogP contribution in [0.4, 0.5) is 5.69 Å². The number of ether oxygens (including phenoxy) is 1. The average molecular weight is 450 g/mol. The van der Waals surface area contributed by atoms with Gasteiger partial charge in [-0.05, 0) is 57.4 Å². The highest BCUT2D eigenvalue weighted by atomic mass is 16.5. The third-order valence-corrected chi connectivity index (χ3v) is 6.29. The number of methoxy groups -OCH3 is 1. The minimum atomic E-state index is -1.71. The van der Waals surface area contributed by atoms with Gasteiger partial charge in [0.1, 0.15) is 11.5 Å². The van der Waals surface area contributed by atoms with Gasteiger partial charge in [-0.2, -0.15) is 0 Å². The van der Waals surface area contributed by atoms with Gasteiger partial charge in [-0.1, -0.05) is 18.2 Å². The molecular weight excluding hydrogens is 422 g/mol. The molecule has 4 rings (SSSR count). The first-order chi connectivity index (χ1) is 15.7. The fraction of sp³-hybridized carbons (Fsp3) is 0.320. The summed E-state index contributed by atoms with van der Waals surface area (Å²) in [6.07, 6.45) is 0.559. The molecule has 1 N–H and O–H groups in total. The van der Waals surface area contributed by atoms with Crippen LogP contribution in [0.2, 0.25) is 0 Å². The molecule has 1 atom stereocenters. The number of carbonyl (C=O) groups is 3. The van der Waals surface area contributed by atoms with Crippen molar-refractivity contribution in [3.63, 3.8) is 0 Å². The van der Waals surface area contributed by atoms with Crippen LogP contribution >= 0.6 is 0 Å². The van der Waals surface area contributed by atoms with Crippen LogP contribution in [-0.4, -0.2) is 73.8 Å². The number of ketones is 1. The monoisotopic (exact) mass is 449 g/mol. The van der Waals surface area contributed by atoms with Gasteiger partial charge in [0.05, 0.1) is 12.7 Å². The molecule has 2 aliphatic rings. The number of aliphatic hydroxyl groups is 1. The lowest BCUT2D eigenvalue weighted by Crippen LogP contribution is -2.51. The number of para-hydroxylation sites is 1. The first kappa shape index (κ1) is 22.5. The number of rotatable bonds is 6. The molecule has 0 radical (unpaired) electrons. The number of hydrogen-bond acceptors (Lipinski definition) is 6. The van der Waals surface area contributed by atoms with Gasteiger partial charge in [0.15, 0.2) is 5.54 Å². The molecule has 8 nitrogen and oxygen atoms in total. The smallest absolute Gasteiger partial charge is 0.296 e. The zero-order valence-electron chi connectivity index (χ0n) is 19.2. The van der Waals surface area contributed by atoms with Crippen molar-refractivity contribution in [2.24, 2.45) is 0 Å². The summed E-state index contributed by atoms with van der Waals surface area (Å²) in [4.78, 5) is 45.2. The van der Waals surface area contributed by atoms with Gasteiger partial charge >= 0.3 is 0 Å². The number of fused-ring (bicyclic) bond motifs is 2. The van der Waals surface area contributed by atoms with E-state index in [0.717, 1.165) is 0 Å². The lowest BCUT2D eigenvalue weighted by Gasteiger charge is -2.34. The van der Waals surface area contributed by atoms with Crippen molar-refractivity contribution < 1.29 is 24.2 Å². The van der Waals surface area contributed by atoms with E-state index in [4.69, 9.17) is 4.74 Å². The Labute approximate surface area is 192 Å². The zero-order chi connectivity index (χ0) is 23.9. The maximum atomic E-state index is 13.8. The van der Waals surface area contributed by atoms with Gasteiger partial charge in [-0.15, -0.1) is 0 Å². The van der Waals surface area contributed by atoms with Gasteiger partial charge in [0, 0.05) is 30.4 Å². The van der Waals surface area contributed by atoms with Gasteiger partial charge in [-0.25, -0.2) is 0 Å². The van der Waals surface area contributed by atoms with E-state index in [0.29, 0.717) is 35.5 Å². The van der Waals surface area contributed by atoms with Crippen molar-refractivity contribution in [2.45, 2.75) is 12.0 Å². The molecule has 1 saturated heterocycles. The summed E-state index contributed by atoms with van der Waals surface area (Å²) in [7, 11) is 6.97. The Kier molecular flexibility index (Phi) is 5.71. The molecule has 0 aliphatic carbocycles. The molecule has 2 aromatic carbocycles. The Balaban J connectivity index is 1.96. The summed E-state index contributed by atoms with van der Waals surface area (Å²) in [5, 5.41) is 11.3. The van der Waals surface area contributed by atoms with E-state index >= 15 is 0 Å². The highest BCUT2D eigenvalue weighted by Gasteiger charge is 2.66. The normalized spacial score (nSPS) is 21.4. The minimum Gasteiger partial charge on any atom is -0.507 e. The van der Waals surface area contributed by atoms with E-state index < -0.39 is 23.1 Å². The second kappa shape index (κ2) is 8.37. The Morgan fingerprint density at radius 1 is 1.06 bits per heavy atom. The third-order valence-electron chi connectivity index (χ3n) is 6.29. The quantitative estimate of drug-likeness (QED) is 0.413. The van der Waals surface area contributed by atoms with Crippen LogP contribution < -0.4 is 9.64 Å². The fourth-order valence-electron chi connectivity index (χ4n) is 4.71. The third kappa shape index (κ3) is 3.29. The number of amides is 2. The number of carbonyl (C=O) groups excluding carboxylic acids is 3. The van der Waals surface area contributed by atoms with Gasteiger partial charge < -0.3 is 24.5 Å². The van der Waals surface area contributed by atoms with Crippen LogP contribution in [-0.2, 0) is 19.9 Å². The van der Waals surface area contributed by atoms with Crippen LogP contribution in [0, 0.1) is 0 Å². The van der Waals surface area contributed by atoms with Crippen LogP contribution in [0.1, 0.15) is 17.5 Å². The van der Waals surface area contributed by atoms with Crippen molar-refractivity contribution >= 4 is 29.0 Å². The minimum absolute atomic E-state index is 0.191. The van der Waals surface area contributed by atoms with Crippen LogP contribution in [0.25, 0.3) is 5.76 Å². The zero-order valence-corrected chi connectivity index (χ0v) is 19.2. The van der Waals surface area contributed by atoms with E-state index in [1.807, 2.05) is 19.0 Å². The molecule has 1 fully saturated rings. The number of Topliss-reactive ketones (excluding diaryl/α,β-unsaturated/α-hetero) is 1. The SMILES string of the molecule is COc1ccc(/C(O)=C2/C(=O)C(=O)N(CCCN(C)C)C23C(=O)N(C)c2ccccc23)cc1. The van der Waals surface area contributed by atoms with Crippen LogP contribution in [0.15, 0.2) is 54.1 Å². The van der Waals surface area contributed by atoms with Crippen LogP contribution in [0.5, 0.6) is 5.75 Å².